The molecule has 0 aliphatic carbocycles. The molecule has 4 nitrogen and oxygen atoms in total. The summed E-state index contributed by atoms with van der Waals surface area (Å²) in [6.07, 6.45) is 3.04. The van der Waals surface area contributed by atoms with Crippen molar-refractivity contribution in [1.82, 2.24) is 15.5 Å². The Labute approximate surface area is 121 Å². The maximum absolute atomic E-state index is 5.75. The van der Waals surface area contributed by atoms with Gasteiger partial charge in [-0.25, -0.2) is 0 Å². The van der Waals surface area contributed by atoms with Gasteiger partial charge >= 0.3 is 0 Å². The number of rotatable bonds is 5. The van der Waals surface area contributed by atoms with Crippen molar-refractivity contribution in [2.45, 2.75) is 25.0 Å². The van der Waals surface area contributed by atoms with E-state index >= 15 is 0 Å². The topological polar surface area (TPSA) is 51.0 Å². The van der Waals surface area contributed by atoms with Crippen molar-refractivity contribution in [3.05, 3.63) is 22.4 Å². The van der Waals surface area contributed by atoms with Crippen LogP contribution in [-0.4, -0.2) is 29.5 Å². The Morgan fingerprint density at radius 2 is 2.37 bits per heavy atom. The molecule has 0 bridgehead atoms. The van der Waals surface area contributed by atoms with Crippen LogP contribution in [0.5, 0.6) is 0 Å². The van der Waals surface area contributed by atoms with E-state index in [-0.39, 0.29) is 0 Å². The van der Waals surface area contributed by atoms with Crippen LogP contribution in [0.3, 0.4) is 0 Å². The third-order valence-corrected chi connectivity index (χ3v) is 5.36. The van der Waals surface area contributed by atoms with Crippen molar-refractivity contribution < 1.29 is 4.42 Å². The monoisotopic (exact) mass is 295 g/mol. The predicted molar refractivity (Wildman–Crippen MR) is 79.7 cm³/mol. The summed E-state index contributed by atoms with van der Waals surface area (Å²) in [4.78, 5) is 2.61. The number of nitrogens with zero attached hydrogens (tertiary/aromatic N) is 2. The largest absolute Gasteiger partial charge is 0.420 e. The van der Waals surface area contributed by atoms with Gasteiger partial charge in [-0.1, -0.05) is 0 Å². The van der Waals surface area contributed by atoms with E-state index in [2.05, 4.69) is 21.6 Å². The second kappa shape index (κ2) is 6.07. The number of thiophene rings is 1. The van der Waals surface area contributed by atoms with Gasteiger partial charge in [0.25, 0.3) is 5.89 Å². The Morgan fingerprint density at radius 1 is 1.42 bits per heavy atom. The molecule has 0 radical (unpaired) electrons. The molecule has 0 spiro atoms. The van der Waals surface area contributed by atoms with Crippen molar-refractivity contribution in [3.63, 3.8) is 0 Å². The molecule has 19 heavy (non-hydrogen) atoms. The number of aryl methyl sites for hydroxylation is 2. The van der Waals surface area contributed by atoms with Gasteiger partial charge in [-0.2, -0.15) is 11.8 Å². The third kappa shape index (κ3) is 3.01. The van der Waals surface area contributed by atoms with Gasteiger partial charge in [0.2, 0.25) is 5.89 Å². The first-order chi connectivity index (χ1) is 9.36. The van der Waals surface area contributed by atoms with Gasteiger partial charge in [-0.3, -0.25) is 0 Å². The van der Waals surface area contributed by atoms with Crippen LogP contribution in [-0.2, 0) is 18.6 Å². The van der Waals surface area contributed by atoms with Gasteiger partial charge in [0.05, 0.1) is 4.88 Å². The fourth-order valence-corrected chi connectivity index (χ4v) is 4.42. The number of nitrogens with one attached hydrogen (secondary N) is 1. The molecule has 0 fully saturated rings. The molecule has 1 aliphatic heterocycles. The normalized spacial score (nSPS) is 14.6. The highest BCUT2D eigenvalue weighted by molar-refractivity contribution is 7.98. The van der Waals surface area contributed by atoms with E-state index in [1.54, 1.807) is 0 Å². The SMILES string of the molecule is CNCCCc1nnc(-c2cc3c(s2)CCSC3)o1. The molecule has 6 heteroatoms. The van der Waals surface area contributed by atoms with Crippen LogP contribution in [0.1, 0.15) is 22.8 Å². The van der Waals surface area contributed by atoms with Gasteiger partial charge in [0, 0.05) is 17.1 Å². The van der Waals surface area contributed by atoms with Crippen LogP contribution in [0.15, 0.2) is 10.5 Å². The third-order valence-electron chi connectivity index (χ3n) is 3.12. The number of aromatic nitrogens is 2. The van der Waals surface area contributed by atoms with Crippen LogP contribution in [0.2, 0.25) is 0 Å². The van der Waals surface area contributed by atoms with E-state index in [4.69, 9.17) is 4.42 Å². The van der Waals surface area contributed by atoms with Crippen LogP contribution in [0.25, 0.3) is 10.8 Å². The van der Waals surface area contributed by atoms with Gasteiger partial charge < -0.3 is 9.73 Å². The van der Waals surface area contributed by atoms with Crippen molar-refractivity contribution >= 4 is 23.1 Å². The van der Waals surface area contributed by atoms with Gasteiger partial charge in [0.1, 0.15) is 0 Å². The van der Waals surface area contributed by atoms with Crippen LogP contribution < -0.4 is 5.32 Å². The molecule has 0 atom stereocenters. The summed E-state index contributed by atoms with van der Waals surface area (Å²) in [6.45, 7) is 0.974. The van der Waals surface area contributed by atoms with E-state index in [9.17, 15) is 0 Å². The molecular weight excluding hydrogens is 278 g/mol. The summed E-state index contributed by atoms with van der Waals surface area (Å²) < 4.78 is 5.75. The first-order valence-electron chi connectivity index (χ1n) is 6.53. The molecule has 2 aromatic rings. The minimum absolute atomic E-state index is 0.684. The zero-order valence-electron chi connectivity index (χ0n) is 10.9. The highest BCUT2D eigenvalue weighted by atomic mass is 32.2. The lowest BCUT2D eigenvalue weighted by Crippen LogP contribution is -2.08. The fourth-order valence-electron chi connectivity index (χ4n) is 2.12. The molecule has 0 aromatic carbocycles. The van der Waals surface area contributed by atoms with Gasteiger partial charge in [-0.05, 0) is 43.8 Å². The van der Waals surface area contributed by atoms with Crippen molar-refractivity contribution in [1.29, 1.82) is 0 Å². The highest BCUT2D eigenvalue weighted by Gasteiger charge is 2.17. The first-order valence-corrected chi connectivity index (χ1v) is 8.50. The lowest BCUT2D eigenvalue weighted by Gasteiger charge is -2.08. The molecule has 0 saturated carbocycles. The van der Waals surface area contributed by atoms with Crippen molar-refractivity contribution in [2.24, 2.45) is 0 Å². The van der Waals surface area contributed by atoms with Gasteiger partial charge in [-0.15, -0.1) is 21.5 Å². The Morgan fingerprint density at radius 3 is 3.21 bits per heavy atom. The van der Waals surface area contributed by atoms with E-state index in [0.717, 1.165) is 35.9 Å². The molecular formula is C13H17N3OS2. The van der Waals surface area contributed by atoms with E-state index in [0.29, 0.717) is 5.89 Å². The quantitative estimate of drug-likeness (QED) is 0.860. The predicted octanol–water partition coefficient (Wildman–Crippen LogP) is 2.74. The lowest BCUT2D eigenvalue weighted by atomic mass is 10.2. The number of hydrogen-bond acceptors (Lipinski definition) is 6. The lowest BCUT2D eigenvalue weighted by molar-refractivity contribution is 0.495. The number of hydrogen-bond donors (Lipinski definition) is 1. The average Bonchev–Trinajstić information content (AvgIpc) is 3.04. The maximum atomic E-state index is 5.75. The molecule has 102 valence electrons. The standard InChI is InChI=1S/C13H17N3OS2/c1-14-5-2-3-12-15-16-13(17-12)11-7-9-8-18-6-4-10(9)19-11/h7,14H,2-6,8H2,1H3. The Balaban J connectivity index is 1.73. The molecule has 1 N–H and O–H groups in total. The van der Waals surface area contributed by atoms with E-state index in [1.165, 1.54) is 22.6 Å². The zero-order valence-corrected chi connectivity index (χ0v) is 12.6. The number of fused-ring (bicyclic) bond motifs is 1. The van der Waals surface area contributed by atoms with E-state index < -0.39 is 0 Å². The van der Waals surface area contributed by atoms with Crippen LogP contribution in [0.4, 0.5) is 0 Å². The molecule has 2 aromatic heterocycles. The molecule has 1 aliphatic rings. The summed E-state index contributed by atoms with van der Waals surface area (Å²) in [5.41, 5.74) is 1.45. The summed E-state index contributed by atoms with van der Waals surface area (Å²) in [5.74, 6) is 3.77. The minimum atomic E-state index is 0.684. The molecule has 3 heterocycles. The average molecular weight is 295 g/mol. The van der Waals surface area contributed by atoms with Crippen LogP contribution >= 0.6 is 23.1 Å². The van der Waals surface area contributed by atoms with Crippen molar-refractivity contribution in [3.8, 4) is 10.8 Å². The molecule has 0 saturated heterocycles. The summed E-state index contributed by atoms with van der Waals surface area (Å²) in [7, 11) is 1.95. The fraction of sp³-hybridized carbons (Fsp3) is 0.538. The Kier molecular flexibility index (Phi) is 4.20. The highest BCUT2D eigenvalue weighted by Crippen LogP contribution is 2.36. The van der Waals surface area contributed by atoms with Crippen molar-refractivity contribution in [2.75, 3.05) is 19.3 Å². The summed E-state index contributed by atoms with van der Waals surface area (Å²) >= 11 is 3.81. The first kappa shape index (κ1) is 13.1. The second-order valence-electron chi connectivity index (χ2n) is 4.57. The summed E-state index contributed by atoms with van der Waals surface area (Å²) in [5, 5.41) is 11.4. The Hall–Kier alpha value is -0.850. The van der Waals surface area contributed by atoms with E-state index in [1.807, 2.05) is 30.1 Å². The minimum Gasteiger partial charge on any atom is -0.420 e. The number of thioether (sulfide) groups is 1. The second-order valence-corrected chi connectivity index (χ2v) is 6.81. The molecule has 0 unspecified atom stereocenters. The van der Waals surface area contributed by atoms with Gasteiger partial charge in [0.15, 0.2) is 0 Å². The smallest absolute Gasteiger partial charge is 0.257 e. The maximum Gasteiger partial charge on any atom is 0.257 e. The molecule has 0 amide bonds. The zero-order chi connectivity index (χ0) is 13.1. The Bertz CT molecular complexity index is 526. The molecule has 3 rings (SSSR count). The summed E-state index contributed by atoms with van der Waals surface area (Å²) in [6, 6.07) is 2.22. The van der Waals surface area contributed by atoms with Crippen LogP contribution in [0, 0.1) is 0 Å².